The predicted octanol–water partition coefficient (Wildman–Crippen LogP) is 2.47. The van der Waals surface area contributed by atoms with Gasteiger partial charge in [0.1, 0.15) is 0 Å². The molecule has 1 aromatic rings. The Balaban J connectivity index is 3.11. The Labute approximate surface area is 92.8 Å². The van der Waals surface area contributed by atoms with E-state index in [2.05, 4.69) is 21.2 Å². The fourth-order valence-electron chi connectivity index (χ4n) is 1.35. The fraction of sp³-hybridized carbons (Fsp3) is 0.364. The molecule has 0 saturated heterocycles. The monoisotopic (exact) mass is 255 g/mol. The maximum absolute atomic E-state index is 11.7. The van der Waals surface area contributed by atoms with Crippen LogP contribution in [0.5, 0.6) is 0 Å². The van der Waals surface area contributed by atoms with Crippen molar-refractivity contribution in [3.63, 3.8) is 0 Å². The number of carbonyl (C=O) groups is 1. The van der Waals surface area contributed by atoms with Gasteiger partial charge in [0.15, 0.2) is 5.78 Å². The maximum atomic E-state index is 11.7. The van der Waals surface area contributed by atoms with Gasteiger partial charge in [-0.15, -0.1) is 0 Å². The summed E-state index contributed by atoms with van der Waals surface area (Å²) >= 11 is 3.44. The lowest BCUT2D eigenvalue weighted by atomic mass is 10.0. The number of Topliss-reactive ketones (excluding diaryl/α,β-unsaturated/α-hetero) is 1. The summed E-state index contributed by atoms with van der Waals surface area (Å²) in [5.41, 5.74) is 2.99. The van der Waals surface area contributed by atoms with Crippen LogP contribution in [0.15, 0.2) is 16.6 Å². The zero-order chi connectivity index (χ0) is 10.7. The van der Waals surface area contributed by atoms with Crippen molar-refractivity contribution < 1.29 is 4.79 Å². The Hall–Kier alpha value is -0.670. The van der Waals surface area contributed by atoms with E-state index in [-0.39, 0.29) is 5.78 Å². The zero-order valence-electron chi connectivity index (χ0n) is 8.65. The second kappa shape index (κ2) is 4.71. The number of carbonyl (C=O) groups excluding carboxylic acids is 1. The van der Waals surface area contributed by atoms with Gasteiger partial charge in [-0.1, -0.05) is 15.9 Å². The summed E-state index contributed by atoms with van der Waals surface area (Å²) in [4.78, 5) is 11.7. The number of rotatable bonds is 3. The van der Waals surface area contributed by atoms with Crippen molar-refractivity contribution in [3.8, 4) is 0 Å². The topological polar surface area (TPSA) is 29.1 Å². The molecule has 0 amide bonds. The summed E-state index contributed by atoms with van der Waals surface area (Å²) < 4.78 is 1.05. The lowest BCUT2D eigenvalue weighted by molar-refractivity contribution is 0.0993. The molecule has 1 aromatic carbocycles. The van der Waals surface area contributed by atoms with Gasteiger partial charge in [-0.2, -0.15) is 0 Å². The van der Waals surface area contributed by atoms with E-state index in [0.29, 0.717) is 6.54 Å². The molecule has 0 aliphatic carbocycles. The first-order valence-electron chi connectivity index (χ1n) is 4.51. The summed E-state index contributed by atoms with van der Waals surface area (Å²) in [6, 6.07) is 3.79. The van der Waals surface area contributed by atoms with Crippen LogP contribution in [-0.4, -0.2) is 19.4 Å². The molecule has 0 bridgehead atoms. The molecule has 0 aliphatic rings. The van der Waals surface area contributed by atoms with E-state index in [0.717, 1.165) is 21.2 Å². The number of nitrogens with one attached hydrogen (secondary N) is 1. The van der Waals surface area contributed by atoms with Gasteiger partial charge in [0.05, 0.1) is 6.54 Å². The molecule has 0 atom stereocenters. The highest BCUT2D eigenvalue weighted by molar-refractivity contribution is 9.10. The SMILES string of the molecule is CNCC(=O)c1ccc(Br)c(C)c1C. The quantitative estimate of drug-likeness (QED) is 0.842. The third kappa shape index (κ3) is 2.22. The number of benzene rings is 1. The molecule has 3 heteroatoms. The Morgan fingerprint density at radius 1 is 1.36 bits per heavy atom. The maximum Gasteiger partial charge on any atom is 0.176 e. The largest absolute Gasteiger partial charge is 0.313 e. The van der Waals surface area contributed by atoms with Crippen LogP contribution >= 0.6 is 15.9 Å². The smallest absolute Gasteiger partial charge is 0.176 e. The van der Waals surface area contributed by atoms with Crippen molar-refractivity contribution >= 4 is 21.7 Å². The van der Waals surface area contributed by atoms with E-state index in [9.17, 15) is 4.79 Å². The minimum absolute atomic E-state index is 0.139. The zero-order valence-corrected chi connectivity index (χ0v) is 10.2. The third-order valence-corrected chi connectivity index (χ3v) is 3.22. The molecule has 0 aromatic heterocycles. The number of halogens is 1. The van der Waals surface area contributed by atoms with Gasteiger partial charge in [0.25, 0.3) is 0 Å². The van der Waals surface area contributed by atoms with Crippen LogP contribution in [0.2, 0.25) is 0 Å². The minimum atomic E-state index is 0.139. The minimum Gasteiger partial charge on any atom is -0.313 e. The lowest BCUT2D eigenvalue weighted by Crippen LogP contribution is -2.19. The first-order chi connectivity index (χ1) is 6.57. The van der Waals surface area contributed by atoms with Crippen LogP contribution in [-0.2, 0) is 0 Å². The van der Waals surface area contributed by atoms with Gasteiger partial charge in [-0.3, -0.25) is 4.79 Å². The van der Waals surface area contributed by atoms with Crippen molar-refractivity contribution in [2.24, 2.45) is 0 Å². The second-order valence-electron chi connectivity index (χ2n) is 3.30. The first-order valence-corrected chi connectivity index (χ1v) is 5.30. The third-order valence-electron chi connectivity index (χ3n) is 2.36. The van der Waals surface area contributed by atoms with E-state index in [1.165, 1.54) is 0 Å². The van der Waals surface area contributed by atoms with E-state index >= 15 is 0 Å². The summed E-state index contributed by atoms with van der Waals surface area (Å²) in [7, 11) is 1.78. The van der Waals surface area contributed by atoms with E-state index in [4.69, 9.17) is 0 Å². The highest BCUT2D eigenvalue weighted by Crippen LogP contribution is 2.22. The van der Waals surface area contributed by atoms with Gasteiger partial charge in [0.2, 0.25) is 0 Å². The highest BCUT2D eigenvalue weighted by atomic mass is 79.9. The molecular weight excluding hydrogens is 242 g/mol. The van der Waals surface area contributed by atoms with Crippen LogP contribution in [0.1, 0.15) is 21.5 Å². The van der Waals surface area contributed by atoms with Crippen molar-refractivity contribution in [2.75, 3.05) is 13.6 Å². The second-order valence-corrected chi connectivity index (χ2v) is 4.15. The molecule has 1 rings (SSSR count). The average Bonchev–Trinajstić information content (AvgIpc) is 2.15. The molecule has 1 N–H and O–H groups in total. The van der Waals surface area contributed by atoms with Crippen LogP contribution in [0.4, 0.5) is 0 Å². The summed E-state index contributed by atoms with van der Waals surface area (Å²) in [6.45, 7) is 4.38. The Morgan fingerprint density at radius 3 is 2.57 bits per heavy atom. The van der Waals surface area contributed by atoms with E-state index in [1.54, 1.807) is 7.05 Å². The Bertz CT molecular complexity index is 361. The van der Waals surface area contributed by atoms with E-state index < -0.39 is 0 Å². The first kappa shape index (κ1) is 11.4. The molecule has 0 aliphatic heterocycles. The van der Waals surface area contributed by atoms with Crippen molar-refractivity contribution in [2.45, 2.75) is 13.8 Å². The molecule has 76 valence electrons. The summed E-state index contributed by atoms with van der Waals surface area (Å²) in [5.74, 6) is 0.139. The van der Waals surface area contributed by atoms with Crippen molar-refractivity contribution in [1.82, 2.24) is 5.32 Å². The van der Waals surface area contributed by atoms with Crippen molar-refractivity contribution in [1.29, 1.82) is 0 Å². The fourth-order valence-corrected chi connectivity index (χ4v) is 1.78. The van der Waals surface area contributed by atoms with Gasteiger partial charge in [-0.05, 0) is 44.2 Å². The normalized spacial score (nSPS) is 10.3. The number of hydrogen-bond acceptors (Lipinski definition) is 2. The molecule has 0 spiro atoms. The Kier molecular flexibility index (Phi) is 3.84. The molecule has 14 heavy (non-hydrogen) atoms. The molecular formula is C11H14BrNO. The van der Waals surface area contributed by atoms with Crippen molar-refractivity contribution in [3.05, 3.63) is 33.3 Å². The van der Waals surface area contributed by atoms with Gasteiger partial charge in [-0.25, -0.2) is 0 Å². The standard InChI is InChI=1S/C11H14BrNO/c1-7-8(2)10(12)5-4-9(7)11(14)6-13-3/h4-5,13H,6H2,1-3H3. The van der Waals surface area contributed by atoms with Gasteiger partial charge in [0, 0.05) is 10.0 Å². The number of ketones is 1. The van der Waals surface area contributed by atoms with Crippen LogP contribution in [0.25, 0.3) is 0 Å². The predicted molar refractivity (Wildman–Crippen MR) is 61.9 cm³/mol. The lowest BCUT2D eigenvalue weighted by Gasteiger charge is -2.08. The molecule has 0 unspecified atom stereocenters. The molecule has 2 nitrogen and oxygen atoms in total. The highest BCUT2D eigenvalue weighted by Gasteiger charge is 2.10. The number of likely N-dealkylation sites (N-methyl/N-ethyl adjacent to an activating group) is 1. The molecule has 0 saturated carbocycles. The van der Waals surface area contributed by atoms with Crippen LogP contribution in [0, 0.1) is 13.8 Å². The van der Waals surface area contributed by atoms with Crippen LogP contribution in [0.3, 0.4) is 0 Å². The van der Waals surface area contributed by atoms with E-state index in [1.807, 2.05) is 26.0 Å². The number of hydrogen-bond donors (Lipinski definition) is 1. The Morgan fingerprint density at radius 2 is 2.00 bits per heavy atom. The molecule has 0 fully saturated rings. The summed E-state index contributed by atoms with van der Waals surface area (Å²) in [5, 5.41) is 2.87. The van der Waals surface area contributed by atoms with Gasteiger partial charge < -0.3 is 5.32 Å². The average molecular weight is 256 g/mol. The summed E-state index contributed by atoms with van der Waals surface area (Å²) in [6.07, 6.45) is 0. The molecule has 0 radical (unpaired) electrons. The van der Waals surface area contributed by atoms with Crippen LogP contribution < -0.4 is 5.32 Å². The molecule has 0 heterocycles. The van der Waals surface area contributed by atoms with Gasteiger partial charge >= 0.3 is 0 Å².